The van der Waals surface area contributed by atoms with Crippen molar-refractivity contribution in [1.82, 2.24) is 5.32 Å². The van der Waals surface area contributed by atoms with E-state index >= 15 is 0 Å². The molecular weight excluding hydrogens is 253 g/mol. The van der Waals surface area contributed by atoms with Gasteiger partial charge in [0.05, 0.1) is 6.10 Å². The van der Waals surface area contributed by atoms with E-state index < -0.39 is 0 Å². The number of hydrogen-bond acceptors (Lipinski definition) is 2. The summed E-state index contributed by atoms with van der Waals surface area (Å²) >= 11 is 0. The van der Waals surface area contributed by atoms with E-state index in [4.69, 9.17) is 0 Å². The fraction of sp³-hybridized carbons (Fsp3) is 0.647. The van der Waals surface area contributed by atoms with Crippen LogP contribution in [0.15, 0.2) is 24.3 Å². The Morgan fingerprint density at radius 1 is 1.25 bits per heavy atom. The van der Waals surface area contributed by atoms with Crippen molar-refractivity contribution in [3.63, 3.8) is 0 Å². The highest BCUT2D eigenvalue weighted by molar-refractivity contribution is 5.24. The zero-order valence-corrected chi connectivity index (χ0v) is 12.5. The van der Waals surface area contributed by atoms with Crippen LogP contribution >= 0.6 is 0 Å². The zero-order chi connectivity index (χ0) is 14.5. The van der Waals surface area contributed by atoms with Gasteiger partial charge in [-0.25, -0.2) is 4.39 Å². The molecule has 1 aliphatic carbocycles. The Bertz CT molecular complexity index is 413. The summed E-state index contributed by atoms with van der Waals surface area (Å²) in [6.07, 6.45) is 3.70. The fourth-order valence-corrected chi connectivity index (χ4v) is 3.13. The van der Waals surface area contributed by atoms with Crippen LogP contribution in [0.2, 0.25) is 0 Å². The van der Waals surface area contributed by atoms with Crippen molar-refractivity contribution in [2.24, 2.45) is 5.92 Å². The molecule has 1 atom stereocenters. The molecule has 1 aromatic rings. The molecular formula is C17H26FNO. The molecule has 1 unspecified atom stereocenters. The van der Waals surface area contributed by atoms with E-state index in [1.807, 2.05) is 12.1 Å². The molecule has 0 amide bonds. The standard InChI is InChI=1S/C17H26FNO/c1-3-12(4-2)17(20)11-19-14-9-13(10-14)15-7-5-6-8-16(15)18/h5-8,12-14,17,19-20H,3-4,9-11H2,1-2H3. The first-order chi connectivity index (χ1) is 9.65. The lowest BCUT2D eigenvalue weighted by atomic mass is 9.75. The summed E-state index contributed by atoms with van der Waals surface area (Å²) in [5.74, 6) is 0.622. The number of aliphatic hydroxyl groups is 1. The molecule has 112 valence electrons. The number of nitrogens with one attached hydrogen (secondary N) is 1. The summed E-state index contributed by atoms with van der Waals surface area (Å²) in [4.78, 5) is 0. The van der Waals surface area contributed by atoms with Crippen LogP contribution in [0, 0.1) is 11.7 Å². The highest BCUT2D eigenvalue weighted by Crippen LogP contribution is 2.37. The van der Waals surface area contributed by atoms with Crippen molar-refractivity contribution < 1.29 is 9.50 Å². The van der Waals surface area contributed by atoms with Gasteiger partial charge in [-0.3, -0.25) is 0 Å². The van der Waals surface area contributed by atoms with Crippen LogP contribution in [0.1, 0.15) is 51.0 Å². The van der Waals surface area contributed by atoms with E-state index in [2.05, 4.69) is 19.2 Å². The van der Waals surface area contributed by atoms with Crippen LogP contribution in [0.5, 0.6) is 0 Å². The van der Waals surface area contributed by atoms with E-state index in [0.29, 0.717) is 24.4 Å². The highest BCUT2D eigenvalue weighted by atomic mass is 19.1. The third kappa shape index (κ3) is 3.58. The van der Waals surface area contributed by atoms with Gasteiger partial charge in [0.15, 0.2) is 0 Å². The van der Waals surface area contributed by atoms with Gasteiger partial charge in [-0.2, -0.15) is 0 Å². The maximum absolute atomic E-state index is 13.6. The summed E-state index contributed by atoms with van der Waals surface area (Å²) in [6, 6.07) is 7.47. The monoisotopic (exact) mass is 279 g/mol. The molecule has 1 aliphatic rings. The van der Waals surface area contributed by atoms with Gasteiger partial charge < -0.3 is 10.4 Å². The first-order valence-electron chi connectivity index (χ1n) is 7.81. The van der Waals surface area contributed by atoms with Gasteiger partial charge in [-0.15, -0.1) is 0 Å². The maximum atomic E-state index is 13.6. The number of benzene rings is 1. The quantitative estimate of drug-likeness (QED) is 0.801. The van der Waals surface area contributed by atoms with Gasteiger partial charge in [0.1, 0.15) is 5.82 Å². The van der Waals surface area contributed by atoms with Crippen molar-refractivity contribution >= 4 is 0 Å². The van der Waals surface area contributed by atoms with Crippen molar-refractivity contribution in [2.45, 2.75) is 57.6 Å². The van der Waals surface area contributed by atoms with Gasteiger partial charge in [0.25, 0.3) is 0 Å². The predicted molar refractivity (Wildman–Crippen MR) is 80.2 cm³/mol. The van der Waals surface area contributed by atoms with Crippen molar-refractivity contribution in [2.75, 3.05) is 6.54 Å². The minimum Gasteiger partial charge on any atom is -0.392 e. The van der Waals surface area contributed by atoms with E-state index in [1.165, 1.54) is 6.07 Å². The molecule has 0 spiro atoms. The van der Waals surface area contributed by atoms with Crippen LogP contribution in [-0.4, -0.2) is 23.8 Å². The van der Waals surface area contributed by atoms with Crippen molar-refractivity contribution in [3.8, 4) is 0 Å². The lowest BCUT2D eigenvalue weighted by Crippen LogP contribution is -2.45. The summed E-state index contributed by atoms with van der Waals surface area (Å²) in [6.45, 7) is 4.89. The first kappa shape index (κ1) is 15.5. The molecule has 0 saturated heterocycles. The lowest BCUT2D eigenvalue weighted by molar-refractivity contribution is 0.0924. The van der Waals surface area contributed by atoms with Crippen molar-refractivity contribution in [3.05, 3.63) is 35.6 Å². The second-order valence-corrected chi connectivity index (χ2v) is 5.94. The normalized spacial score (nSPS) is 23.6. The number of hydrogen-bond donors (Lipinski definition) is 2. The Morgan fingerprint density at radius 3 is 2.50 bits per heavy atom. The third-order valence-corrected chi connectivity index (χ3v) is 4.69. The van der Waals surface area contributed by atoms with E-state index in [9.17, 15) is 9.50 Å². The fourth-order valence-electron chi connectivity index (χ4n) is 3.13. The van der Waals surface area contributed by atoms with Crippen molar-refractivity contribution in [1.29, 1.82) is 0 Å². The molecule has 3 heteroatoms. The molecule has 0 heterocycles. The molecule has 1 fully saturated rings. The Morgan fingerprint density at radius 2 is 1.90 bits per heavy atom. The van der Waals surface area contributed by atoms with Crippen LogP contribution in [0.25, 0.3) is 0 Å². The highest BCUT2D eigenvalue weighted by Gasteiger charge is 2.32. The SMILES string of the molecule is CCC(CC)C(O)CNC1CC(c2ccccc2F)C1. The summed E-state index contributed by atoms with van der Waals surface area (Å²) < 4.78 is 13.6. The molecule has 1 aromatic carbocycles. The topological polar surface area (TPSA) is 32.3 Å². The van der Waals surface area contributed by atoms with Gasteiger partial charge in [-0.05, 0) is 36.3 Å². The molecule has 2 nitrogen and oxygen atoms in total. The Labute approximate surface area is 121 Å². The van der Waals surface area contributed by atoms with Gasteiger partial charge >= 0.3 is 0 Å². The summed E-state index contributed by atoms with van der Waals surface area (Å²) in [5, 5.41) is 13.5. The van der Waals surface area contributed by atoms with E-state index in [-0.39, 0.29) is 11.9 Å². The van der Waals surface area contributed by atoms with Crippen LogP contribution < -0.4 is 5.32 Å². The molecule has 20 heavy (non-hydrogen) atoms. The van der Waals surface area contributed by atoms with E-state index in [0.717, 1.165) is 31.2 Å². The molecule has 0 bridgehead atoms. The predicted octanol–water partition coefficient (Wildman–Crippen LogP) is 3.46. The van der Waals surface area contributed by atoms with Gasteiger partial charge in [-0.1, -0.05) is 44.9 Å². The molecule has 0 radical (unpaired) electrons. The van der Waals surface area contributed by atoms with Crippen LogP contribution in [0.3, 0.4) is 0 Å². The summed E-state index contributed by atoms with van der Waals surface area (Å²) in [7, 11) is 0. The van der Waals surface area contributed by atoms with Gasteiger partial charge in [0.2, 0.25) is 0 Å². The summed E-state index contributed by atoms with van der Waals surface area (Å²) in [5.41, 5.74) is 0.839. The first-order valence-corrected chi connectivity index (χ1v) is 7.81. The average Bonchev–Trinajstić information content (AvgIpc) is 2.40. The number of aliphatic hydroxyl groups excluding tert-OH is 1. The maximum Gasteiger partial charge on any atom is 0.126 e. The molecule has 2 rings (SSSR count). The van der Waals surface area contributed by atoms with E-state index in [1.54, 1.807) is 6.07 Å². The Kier molecular flexibility index (Phi) is 5.55. The smallest absolute Gasteiger partial charge is 0.126 e. The second kappa shape index (κ2) is 7.19. The van der Waals surface area contributed by atoms with Crippen LogP contribution in [0.4, 0.5) is 4.39 Å². The largest absolute Gasteiger partial charge is 0.392 e. The van der Waals surface area contributed by atoms with Gasteiger partial charge in [0, 0.05) is 12.6 Å². The molecule has 0 aromatic heterocycles. The Balaban J connectivity index is 1.73. The lowest BCUT2D eigenvalue weighted by Gasteiger charge is -2.37. The Hall–Kier alpha value is -0.930. The third-order valence-electron chi connectivity index (χ3n) is 4.69. The van der Waals surface area contributed by atoms with Crippen LogP contribution in [-0.2, 0) is 0 Å². The molecule has 0 aliphatic heterocycles. The zero-order valence-electron chi connectivity index (χ0n) is 12.5. The average molecular weight is 279 g/mol. The minimum atomic E-state index is -0.266. The molecule has 1 saturated carbocycles. The minimum absolute atomic E-state index is 0.0898. The number of halogens is 1. The second-order valence-electron chi connectivity index (χ2n) is 5.94. The number of rotatable bonds is 7. The molecule has 2 N–H and O–H groups in total.